The summed E-state index contributed by atoms with van der Waals surface area (Å²) < 4.78 is 4.80. The Labute approximate surface area is 55.2 Å². The Hall–Kier alpha value is -0.570. The number of carbonyl (C=O) groups excluding carboxylic acids is 1. The minimum absolute atomic E-state index is 0.243. The molecule has 0 fully saturated rings. The van der Waals surface area contributed by atoms with Crippen LogP contribution in [0.25, 0.3) is 0 Å². The highest BCUT2D eigenvalue weighted by Crippen LogP contribution is 1.99. The van der Waals surface area contributed by atoms with Gasteiger partial charge in [-0.25, -0.2) is 0 Å². The maximum atomic E-state index is 10.3. The van der Waals surface area contributed by atoms with Gasteiger partial charge in [0.05, 0.1) is 0 Å². The smallest absolute Gasteiger partial charge is 0.217 e. The Balaban J connectivity index is 3.26. The average molecular weight is 131 g/mol. The van der Waals surface area contributed by atoms with Crippen molar-refractivity contribution in [1.82, 2.24) is 0 Å². The molecule has 0 aliphatic heterocycles. The molecule has 0 aromatic carbocycles. The van der Waals surface area contributed by atoms with Gasteiger partial charge in [-0.05, 0) is 5.92 Å². The summed E-state index contributed by atoms with van der Waals surface area (Å²) in [5, 5.41) is 0. The van der Waals surface area contributed by atoms with E-state index in [9.17, 15) is 4.79 Å². The van der Waals surface area contributed by atoms with Crippen LogP contribution in [0, 0.1) is 5.92 Å². The van der Waals surface area contributed by atoms with Crippen LogP contribution in [0.15, 0.2) is 0 Å². The minimum Gasteiger partial charge on any atom is -0.384 e. The van der Waals surface area contributed by atoms with Gasteiger partial charge in [0.1, 0.15) is 0 Å². The SMILES string of the molecule is COC[C@H](C)CC(N)=O. The van der Waals surface area contributed by atoms with Gasteiger partial charge in [0.2, 0.25) is 5.91 Å². The number of hydrogen-bond acceptors (Lipinski definition) is 2. The number of carbonyl (C=O) groups is 1. The Kier molecular flexibility index (Phi) is 4.05. The molecule has 0 spiro atoms. The molecule has 0 unspecified atom stereocenters. The maximum absolute atomic E-state index is 10.3. The van der Waals surface area contributed by atoms with Crippen LogP contribution in [0.3, 0.4) is 0 Å². The number of hydrogen-bond donors (Lipinski definition) is 1. The lowest BCUT2D eigenvalue weighted by atomic mass is 10.1. The first kappa shape index (κ1) is 8.43. The fourth-order valence-electron chi connectivity index (χ4n) is 0.687. The molecule has 0 aromatic rings. The van der Waals surface area contributed by atoms with Crippen LogP contribution in [-0.4, -0.2) is 19.6 Å². The lowest BCUT2D eigenvalue weighted by Crippen LogP contribution is -2.17. The highest BCUT2D eigenvalue weighted by Gasteiger charge is 2.03. The molecule has 0 aliphatic carbocycles. The molecule has 9 heavy (non-hydrogen) atoms. The summed E-state index contributed by atoms with van der Waals surface area (Å²) in [6.07, 6.45) is 0.411. The van der Waals surface area contributed by atoms with E-state index in [1.165, 1.54) is 0 Å². The number of methoxy groups -OCH3 is 1. The lowest BCUT2D eigenvalue weighted by Gasteiger charge is -2.05. The number of rotatable bonds is 4. The van der Waals surface area contributed by atoms with Gasteiger partial charge >= 0.3 is 0 Å². The van der Waals surface area contributed by atoms with Gasteiger partial charge in [-0.2, -0.15) is 0 Å². The first-order valence-corrected chi connectivity index (χ1v) is 2.94. The molecule has 0 saturated carbocycles. The van der Waals surface area contributed by atoms with Crippen LogP contribution in [0.1, 0.15) is 13.3 Å². The van der Waals surface area contributed by atoms with E-state index in [4.69, 9.17) is 10.5 Å². The molecule has 3 heteroatoms. The molecular weight excluding hydrogens is 118 g/mol. The Morgan fingerprint density at radius 1 is 1.78 bits per heavy atom. The van der Waals surface area contributed by atoms with Crippen molar-refractivity contribution in [1.29, 1.82) is 0 Å². The van der Waals surface area contributed by atoms with Gasteiger partial charge in [0, 0.05) is 20.1 Å². The Morgan fingerprint density at radius 3 is 2.67 bits per heavy atom. The topological polar surface area (TPSA) is 52.3 Å². The van der Waals surface area contributed by atoms with E-state index in [1.54, 1.807) is 7.11 Å². The molecule has 1 amide bonds. The molecule has 0 radical (unpaired) electrons. The van der Waals surface area contributed by atoms with Crippen molar-refractivity contribution >= 4 is 5.91 Å². The van der Waals surface area contributed by atoms with Crippen molar-refractivity contribution in [3.8, 4) is 0 Å². The highest BCUT2D eigenvalue weighted by atomic mass is 16.5. The van der Waals surface area contributed by atoms with Crippen molar-refractivity contribution < 1.29 is 9.53 Å². The maximum Gasteiger partial charge on any atom is 0.217 e. The molecule has 0 aliphatic rings. The fourth-order valence-corrected chi connectivity index (χ4v) is 0.687. The van der Waals surface area contributed by atoms with Crippen LogP contribution >= 0.6 is 0 Å². The molecule has 0 aromatic heterocycles. The van der Waals surface area contributed by atoms with E-state index in [2.05, 4.69) is 0 Å². The van der Waals surface area contributed by atoms with Gasteiger partial charge in [0.25, 0.3) is 0 Å². The van der Waals surface area contributed by atoms with Crippen LogP contribution in [0.5, 0.6) is 0 Å². The van der Waals surface area contributed by atoms with E-state index in [-0.39, 0.29) is 11.8 Å². The molecule has 0 heterocycles. The predicted octanol–water partition coefficient (Wildman–Crippen LogP) is 0.144. The fraction of sp³-hybridized carbons (Fsp3) is 0.833. The van der Waals surface area contributed by atoms with Gasteiger partial charge in [-0.1, -0.05) is 6.92 Å². The third-order valence-corrected chi connectivity index (χ3v) is 1.00. The number of primary amides is 1. The monoisotopic (exact) mass is 131 g/mol. The third-order valence-electron chi connectivity index (χ3n) is 1.00. The summed E-state index contributed by atoms with van der Waals surface area (Å²) >= 11 is 0. The lowest BCUT2D eigenvalue weighted by molar-refractivity contribution is -0.119. The van der Waals surface area contributed by atoms with Crippen LogP contribution < -0.4 is 5.73 Å². The molecule has 0 rings (SSSR count). The van der Waals surface area contributed by atoms with E-state index < -0.39 is 0 Å². The van der Waals surface area contributed by atoms with Crippen LogP contribution in [0.4, 0.5) is 0 Å². The first-order chi connectivity index (χ1) is 4.16. The quantitative estimate of drug-likeness (QED) is 0.590. The van der Waals surface area contributed by atoms with E-state index in [0.717, 1.165) is 0 Å². The van der Waals surface area contributed by atoms with E-state index >= 15 is 0 Å². The predicted molar refractivity (Wildman–Crippen MR) is 34.9 cm³/mol. The molecule has 1 atom stereocenters. The summed E-state index contributed by atoms with van der Waals surface area (Å²) in [6, 6.07) is 0. The molecule has 0 bridgehead atoms. The van der Waals surface area contributed by atoms with E-state index in [1.807, 2.05) is 6.92 Å². The molecule has 0 saturated heterocycles. The summed E-state index contributed by atoms with van der Waals surface area (Å²) in [5.41, 5.74) is 4.93. The van der Waals surface area contributed by atoms with Crippen molar-refractivity contribution in [2.24, 2.45) is 11.7 Å². The molecular formula is C6H13NO2. The zero-order valence-corrected chi connectivity index (χ0v) is 5.89. The Morgan fingerprint density at radius 2 is 2.33 bits per heavy atom. The van der Waals surface area contributed by atoms with Crippen molar-refractivity contribution in [2.45, 2.75) is 13.3 Å². The zero-order valence-electron chi connectivity index (χ0n) is 5.89. The number of nitrogens with two attached hydrogens (primary N) is 1. The summed E-state index contributed by atoms with van der Waals surface area (Å²) in [7, 11) is 1.61. The number of amides is 1. The largest absolute Gasteiger partial charge is 0.384 e. The summed E-state index contributed by atoms with van der Waals surface area (Å²) in [5.74, 6) is -0.0212. The Bertz CT molecular complexity index is 93.1. The standard InChI is InChI=1S/C6H13NO2/c1-5(4-9-2)3-6(7)8/h5H,3-4H2,1-2H3,(H2,7,8)/t5-/m1/s1. The van der Waals surface area contributed by atoms with Gasteiger partial charge < -0.3 is 10.5 Å². The molecule has 3 nitrogen and oxygen atoms in total. The second-order valence-electron chi connectivity index (χ2n) is 2.23. The normalized spacial score (nSPS) is 13.1. The average Bonchev–Trinajstić information content (AvgIpc) is 1.63. The van der Waals surface area contributed by atoms with Gasteiger partial charge in [0.15, 0.2) is 0 Å². The van der Waals surface area contributed by atoms with Crippen LogP contribution in [0.2, 0.25) is 0 Å². The number of ether oxygens (including phenoxy) is 1. The summed E-state index contributed by atoms with van der Waals surface area (Å²) in [4.78, 5) is 10.3. The van der Waals surface area contributed by atoms with E-state index in [0.29, 0.717) is 13.0 Å². The second-order valence-corrected chi connectivity index (χ2v) is 2.23. The van der Waals surface area contributed by atoms with Gasteiger partial charge in [-0.15, -0.1) is 0 Å². The molecule has 54 valence electrons. The third kappa shape index (κ3) is 5.30. The zero-order chi connectivity index (χ0) is 7.28. The first-order valence-electron chi connectivity index (χ1n) is 2.94. The highest BCUT2D eigenvalue weighted by molar-refractivity contribution is 5.73. The van der Waals surface area contributed by atoms with Crippen molar-refractivity contribution in [3.05, 3.63) is 0 Å². The summed E-state index contributed by atoms with van der Waals surface area (Å²) in [6.45, 7) is 2.53. The second kappa shape index (κ2) is 4.32. The van der Waals surface area contributed by atoms with Crippen molar-refractivity contribution in [3.63, 3.8) is 0 Å². The van der Waals surface area contributed by atoms with Crippen LogP contribution in [-0.2, 0) is 9.53 Å². The minimum atomic E-state index is -0.264. The van der Waals surface area contributed by atoms with Crippen molar-refractivity contribution in [2.75, 3.05) is 13.7 Å². The molecule has 2 N–H and O–H groups in total. The van der Waals surface area contributed by atoms with Gasteiger partial charge in [-0.3, -0.25) is 4.79 Å².